The Morgan fingerprint density at radius 3 is 2.35 bits per heavy atom. The number of rotatable bonds is 5. The maximum Gasteiger partial charge on any atom is 0.127 e. The van der Waals surface area contributed by atoms with E-state index in [1.165, 1.54) is 31.2 Å². The number of para-hydroxylation sites is 1. The Hall–Kier alpha value is -1.80. The monoisotopic (exact) mass is 309 g/mol. The van der Waals surface area contributed by atoms with Crippen LogP contribution in [0.2, 0.25) is 0 Å². The van der Waals surface area contributed by atoms with E-state index >= 15 is 0 Å². The fraction of sp³-hybridized carbons (Fsp3) is 0.429. The van der Waals surface area contributed by atoms with Crippen LogP contribution in [0, 0.1) is 11.8 Å². The minimum atomic E-state index is 0.446. The van der Waals surface area contributed by atoms with Gasteiger partial charge in [-0.3, -0.25) is 0 Å². The Balaban J connectivity index is 1.74. The van der Waals surface area contributed by atoms with Gasteiger partial charge in [-0.15, -0.1) is 0 Å². The van der Waals surface area contributed by atoms with Gasteiger partial charge in [0.15, 0.2) is 0 Å². The van der Waals surface area contributed by atoms with E-state index in [0.717, 1.165) is 17.4 Å². The molecule has 1 saturated carbocycles. The Morgan fingerprint density at radius 1 is 0.957 bits per heavy atom. The molecule has 122 valence electrons. The maximum absolute atomic E-state index is 6.13. The van der Waals surface area contributed by atoms with Crippen LogP contribution in [0.3, 0.4) is 0 Å². The normalized spacial score (nSPS) is 22.5. The van der Waals surface area contributed by atoms with Crippen LogP contribution in [0.1, 0.15) is 44.1 Å². The molecule has 2 nitrogen and oxygen atoms in total. The largest absolute Gasteiger partial charge is 0.457 e. The summed E-state index contributed by atoms with van der Waals surface area (Å²) >= 11 is 0. The zero-order chi connectivity index (χ0) is 16.1. The molecule has 1 aliphatic carbocycles. The Kier molecular flexibility index (Phi) is 5.35. The summed E-state index contributed by atoms with van der Waals surface area (Å²) in [6.07, 6.45) is 5.27. The molecule has 2 N–H and O–H groups in total. The predicted octanol–water partition coefficient (Wildman–Crippen LogP) is 5.35. The van der Waals surface area contributed by atoms with Crippen molar-refractivity contribution in [2.24, 2.45) is 17.6 Å². The quantitative estimate of drug-likeness (QED) is 0.808. The second kappa shape index (κ2) is 7.65. The lowest BCUT2D eigenvalue weighted by molar-refractivity contribution is 0.255. The fourth-order valence-electron chi connectivity index (χ4n) is 3.72. The topological polar surface area (TPSA) is 35.2 Å². The van der Waals surface area contributed by atoms with Crippen molar-refractivity contribution in [1.82, 2.24) is 0 Å². The van der Waals surface area contributed by atoms with Crippen LogP contribution in [0.4, 0.5) is 0 Å². The molecule has 23 heavy (non-hydrogen) atoms. The molecule has 1 fully saturated rings. The minimum absolute atomic E-state index is 0.446. The smallest absolute Gasteiger partial charge is 0.127 e. The maximum atomic E-state index is 6.13. The van der Waals surface area contributed by atoms with E-state index in [2.05, 4.69) is 25.1 Å². The lowest BCUT2D eigenvalue weighted by atomic mass is 9.74. The molecular formula is C21H27NO. The first-order chi connectivity index (χ1) is 11.3. The van der Waals surface area contributed by atoms with Gasteiger partial charge in [0.05, 0.1) is 0 Å². The molecule has 2 aromatic rings. The van der Waals surface area contributed by atoms with Crippen LogP contribution >= 0.6 is 0 Å². The van der Waals surface area contributed by atoms with Gasteiger partial charge in [-0.05, 0) is 67.0 Å². The summed E-state index contributed by atoms with van der Waals surface area (Å²) in [6, 6.07) is 18.4. The van der Waals surface area contributed by atoms with Crippen molar-refractivity contribution >= 4 is 0 Å². The lowest BCUT2D eigenvalue weighted by Crippen LogP contribution is -2.25. The molecule has 0 bridgehead atoms. The van der Waals surface area contributed by atoms with E-state index in [0.29, 0.717) is 18.4 Å². The third-order valence-corrected chi connectivity index (χ3v) is 5.15. The molecule has 1 atom stereocenters. The van der Waals surface area contributed by atoms with Crippen molar-refractivity contribution in [1.29, 1.82) is 0 Å². The summed E-state index contributed by atoms with van der Waals surface area (Å²) in [5, 5.41) is 0. The van der Waals surface area contributed by atoms with Crippen molar-refractivity contribution in [2.45, 2.75) is 38.5 Å². The van der Waals surface area contributed by atoms with Crippen LogP contribution in [0.25, 0.3) is 0 Å². The number of hydrogen-bond acceptors (Lipinski definition) is 2. The molecule has 1 unspecified atom stereocenters. The first-order valence-electron chi connectivity index (χ1n) is 8.79. The highest BCUT2D eigenvalue weighted by molar-refractivity contribution is 5.35. The predicted molar refractivity (Wildman–Crippen MR) is 95.9 cm³/mol. The Bertz CT molecular complexity index is 602. The molecule has 0 aromatic heterocycles. The molecule has 0 spiro atoms. The van der Waals surface area contributed by atoms with Gasteiger partial charge in [0.25, 0.3) is 0 Å². The number of hydrogen-bond donors (Lipinski definition) is 1. The molecular weight excluding hydrogens is 282 g/mol. The second-order valence-electron chi connectivity index (χ2n) is 6.85. The standard InChI is InChI=1S/C21H27NO/c1-16-10-12-17(13-11-16)21(15-22)18-6-5-9-20(14-18)23-19-7-3-2-4-8-19/h2-9,14,16-17,21H,10-13,15,22H2,1H3. The molecule has 2 aromatic carbocycles. The molecule has 0 heterocycles. The minimum Gasteiger partial charge on any atom is -0.457 e. The van der Waals surface area contributed by atoms with Gasteiger partial charge in [0.2, 0.25) is 0 Å². The van der Waals surface area contributed by atoms with E-state index in [-0.39, 0.29) is 0 Å². The van der Waals surface area contributed by atoms with Crippen molar-refractivity contribution < 1.29 is 4.74 Å². The highest BCUT2D eigenvalue weighted by Gasteiger charge is 2.26. The van der Waals surface area contributed by atoms with Gasteiger partial charge in [-0.2, -0.15) is 0 Å². The lowest BCUT2D eigenvalue weighted by Gasteiger charge is -2.32. The number of benzene rings is 2. The van der Waals surface area contributed by atoms with Gasteiger partial charge < -0.3 is 10.5 Å². The Morgan fingerprint density at radius 2 is 1.65 bits per heavy atom. The van der Waals surface area contributed by atoms with Gasteiger partial charge in [-0.25, -0.2) is 0 Å². The van der Waals surface area contributed by atoms with Crippen molar-refractivity contribution in [3.05, 3.63) is 60.2 Å². The fourth-order valence-corrected chi connectivity index (χ4v) is 3.72. The summed E-state index contributed by atoms with van der Waals surface area (Å²) in [7, 11) is 0. The second-order valence-corrected chi connectivity index (χ2v) is 6.85. The van der Waals surface area contributed by atoms with E-state index in [1.807, 2.05) is 36.4 Å². The summed E-state index contributed by atoms with van der Waals surface area (Å²) in [4.78, 5) is 0. The first kappa shape index (κ1) is 16.1. The Labute approximate surface area is 139 Å². The van der Waals surface area contributed by atoms with E-state index in [1.54, 1.807) is 0 Å². The summed E-state index contributed by atoms with van der Waals surface area (Å²) in [6.45, 7) is 3.08. The summed E-state index contributed by atoms with van der Waals surface area (Å²) in [5.41, 5.74) is 7.45. The molecule has 0 radical (unpaired) electrons. The zero-order valence-corrected chi connectivity index (χ0v) is 13.9. The molecule has 2 heteroatoms. The van der Waals surface area contributed by atoms with Gasteiger partial charge in [0.1, 0.15) is 11.5 Å². The van der Waals surface area contributed by atoms with Crippen molar-refractivity contribution in [2.75, 3.05) is 6.54 Å². The molecule has 1 aliphatic rings. The summed E-state index contributed by atoms with van der Waals surface area (Å²) in [5.74, 6) is 3.80. The number of nitrogens with two attached hydrogens (primary N) is 1. The van der Waals surface area contributed by atoms with Crippen LogP contribution in [0.5, 0.6) is 11.5 Å². The molecule has 0 saturated heterocycles. The average molecular weight is 309 g/mol. The van der Waals surface area contributed by atoms with Crippen LogP contribution < -0.4 is 10.5 Å². The molecule has 0 amide bonds. The van der Waals surface area contributed by atoms with E-state index < -0.39 is 0 Å². The van der Waals surface area contributed by atoms with Gasteiger partial charge in [-0.1, -0.05) is 50.1 Å². The van der Waals surface area contributed by atoms with E-state index in [9.17, 15) is 0 Å². The van der Waals surface area contributed by atoms with Gasteiger partial charge >= 0.3 is 0 Å². The van der Waals surface area contributed by atoms with Crippen LogP contribution in [0.15, 0.2) is 54.6 Å². The highest BCUT2D eigenvalue weighted by Crippen LogP contribution is 2.38. The molecule has 3 rings (SSSR count). The number of ether oxygens (including phenoxy) is 1. The van der Waals surface area contributed by atoms with Crippen LogP contribution in [-0.4, -0.2) is 6.54 Å². The SMILES string of the molecule is CC1CCC(C(CN)c2cccc(Oc3ccccc3)c2)CC1. The van der Waals surface area contributed by atoms with Gasteiger partial charge in [0, 0.05) is 0 Å². The van der Waals surface area contributed by atoms with Crippen LogP contribution in [-0.2, 0) is 0 Å². The van der Waals surface area contributed by atoms with E-state index in [4.69, 9.17) is 10.5 Å². The average Bonchev–Trinajstić information content (AvgIpc) is 2.59. The molecule has 0 aliphatic heterocycles. The van der Waals surface area contributed by atoms with Crippen molar-refractivity contribution in [3.63, 3.8) is 0 Å². The third kappa shape index (κ3) is 4.14. The van der Waals surface area contributed by atoms with Crippen molar-refractivity contribution in [3.8, 4) is 11.5 Å². The first-order valence-corrected chi connectivity index (χ1v) is 8.79. The highest BCUT2D eigenvalue weighted by atomic mass is 16.5. The summed E-state index contributed by atoms with van der Waals surface area (Å²) < 4.78 is 5.98. The third-order valence-electron chi connectivity index (χ3n) is 5.15. The zero-order valence-electron chi connectivity index (χ0n) is 13.9.